The summed E-state index contributed by atoms with van der Waals surface area (Å²) >= 11 is 3.03. The first-order valence-electron chi connectivity index (χ1n) is 5.63. The number of carbonyl (C=O) groups is 2. The zero-order valence-electron chi connectivity index (χ0n) is 10.2. The molecule has 20 heavy (non-hydrogen) atoms. The molecule has 0 saturated carbocycles. The number of anilines is 1. The van der Waals surface area contributed by atoms with E-state index in [1.165, 1.54) is 30.3 Å². The van der Waals surface area contributed by atoms with Crippen molar-refractivity contribution in [2.75, 3.05) is 5.32 Å². The molecule has 0 bridgehead atoms. The number of hydrogen-bond donors (Lipinski definition) is 2. The summed E-state index contributed by atoms with van der Waals surface area (Å²) < 4.78 is 13.7. The lowest BCUT2D eigenvalue weighted by atomic mass is 10.1. The number of rotatable bonds is 3. The van der Waals surface area contributed by atoms with Crippen molar-refractivity contribution in [1.82, 2.24) is 0 Å². The third-order valence-corrected chi connectivity index (χ3v) is 3.23. The minimum Gasteiger partial charge on any atom is -0.366 e. The van der Waals surface area contributed by atoms with Crippen molar-refractivity contribution < 1.29 is 14.0 Å². The highest BCUT2D eigenvalue weighted by atomic mass is 79.9. The molecule has 2 aromatic carbocycles. The first-order chi connectivity index (χ1) is 9.47. The number of carbonyl (C=O) groups excluding carboxylic acids is 2. The maximum absolute atomic E-state index is 13.3. The third-order valence-electron chi connectivity index (χ3n) is 2.59. The summed E-state index contributed by atoms with van der Waals surface area (Å²) in [5.41, 5.74) is 5.97. The molecule has 0 fully saturated rings. The Morgan fingerprint density at radius 3 is 2.45 bits per heavy atom. The van der Waals surface area contributed by atoms with E-state index >= 15 is 0 Å². The zero-order valence-corrected chi connectivity index (χ0v) is 11.8. The van der Waals surface area contributed by atoms with Crippen molar-refractivity contribution in [3.05, 3.63) is 63.9 Å². The molecule has 2 rings (SSSR count). The number of hydrogen-bond acceptors (Lipinski definition) is 2. The van der Waals surface area contributed by atoms with Crippen LogP contribution >= 0.6 is 15.9 Å². The Bertz CT molecular complexity index is 689. The van der Waals surface area contributed by atoms with Gasteiger partial charge in [0.1, 0.15) is 5.82 Å². The van der Waals surface area contributed by atoms with E-state index in [9.17, 15) is 14.0 Å². The number of nitrogens with two attached hydrogens (primary N) is 1. The van der Waals surface area contributed by atoms with Gasteiger partial charge in [-0.1, -0.05) is 6.07 Å². The van der Waals surface area contributed by atoms with Crippen LogP contribution < -0.4 is 11.1 Å². The second kappa shape index (κ2) is 5.83. The van der Waals surface area contributed by atoms with Crippen LogP contribution in [0.5, 0.6) is 0 Å². The van der Waals surface area contributed by atoms with Gasteiger partial charge < -0.3 is 11.1 Å². The van der Waals surface area contributed by atoms with Gasteiger partial charge in [0.25, 0.3) is 5.91 Å². The average molecular weight is 337 g/mol. The first kappa shape index (κ1) is 14.2. The van der Waals surface area contributed by atoms with Crippen LogP contribution in [-0.4, -0.2) is 11.8 Å². The molecule has 0 spiro atoms. The molecule has 0 saturated heterocycles. The lowest BCUT2D eigenvalue weighted by molar-refractivity contribution is 0.1000. The number of amides is 2. The molecule has 0 aliphatic heterocycles. The zero-order chi connectivity index (χ0) is 14.7. The summed E-state index contributed by atoms with van der Waals surface area (Å²) in [5, 5.41) is 2.54. The first-order valence-corrected chi connectivity index (χ1v) is 6.43. The molecule has 0 aromatic heterocycles. The molecule has 3 N–H and O–H groups in total. The monoisotopic (exact) mass is 336 g/mol. The molecule has 4 nitrogen and oxygen atoms in total. The molecule has 0 radical (unpaired) electrons. The molecular weight excluding hydrogens is 327 g/mol. The fourth-order valence-electron chi connectivity index (χ4n) is 1.59. The van der Waals surface area contributed by atoms with E-state index in [0.29, 0.717) is 10.2 Å². The lowest BCUT2D eigenvalue weighted by Gasteiger charge is -2.06. The van der Waals surface area contributed by atoms with Crippen molar-refractivity contribution >= 4 is 33.4 Å². The number of benzene rings is 2. The van der Waals surface area contributed by atoms with Gasteiger partial charge in [-0.2, -0.15) is 0 Å². The van der Waals surface area contributed by atoms with Gasteiger partial charge >= 0.3 is 0 Å². The number of nitrogens with one attached hydrogen (secondary N) is 1. The van der Waals surface area contributed by atoms with Crippen LogP contribution in [-0.2, 0) is 0 Å². The molecule has 2 amide bonds. The van der Waals surface area contributed by atoms with Gasteiger partial charge in [0.05, 0.1) is 4.47 Å². The van der Waals surface area contributed by atoms with E-state index in [4.69, 9.17) is 5.73 Å². The quantitative estimate of drug-likeness (QED) is 0.904. The van der Waals surface area contributed by atoms with E-state index in [2.05, 4.69) is 21.2 Å². The molecule has 6 heteroatoms. The molecule has 2 aromatic rings. The highest BCUT2D eigenvalue weighted by Gasteiger charge is 2.10. The van der Waals surface area contributed by atoms with E-state index in [1.807, 2.05) is 0 Å². The average Bonchev–Trinajstić information content (AvgIpc) is 2.43. The van der Waals surface area contributed by atoms with Gasteiger partial charge in [0, 0.05) is 16.8 Å². The fourth-order valence-corrected chi connectivity index (χ4v) is 1.84. The lowest BCUT2D eigenvalue weighted by Crippen LogP contribution is -2.15. The predicted octanol–water partition coefficient (Wildman–Crippen LogP) is 2.94. The van der Waals surface area contributed by atoms with Crippen molar-refractivity contribution in [2.45, 2.75) is 0 Å². The Morgan fingerprint density at radius 1 is 1.10 bits per heavy atom. The highest BCUT2D eigenvalue weighted by Crippen LogP contribution is 2.20. The van der Waals surface area contributed by atoms with Gasteiger partial charge in [0.15, 0.2) is 0 Å². The Kier molecular flexibility index (Phi) is 4.14. The van der Waals surface area contributed by atoms with Gasteiger partial charge in [-0.25, -0.2) is 4.39 Å². The molecule has 0 aliphatic carbocycles. The Morgan fingerprint density at radius 2 is 1.80 bits per heavy atom. The van der Waals surface area contributed by atoms with Crippen LogP contribution in [0.1, 0.15) is 20.7 Å². The summed E-state index contributed by atoms with van der Waals surface area (Å²) in [6.07, 6.45) is 0. The minimum atomic E-state index is -0.616. The van der Waals surface area contributed by atoms with Gasteiger partial charge in [-0.05, 0) is 52.3 Å². The van der Waals surface area contributed by atoms with Crippen molar-refractivity contribution in [1.29, 1.82) is 0 Å². The predicted molar refractivity (Wildman–Crippen MR) is 77.0 cm³/mol. The smallest absolute Gasteiger partial charge is 0.255 e. The number of primary amides is 1. The van der Waals surface area contributed by atoms with Crippen LogP contribution in [0, 0.1) is 5.82 Å². The van der Waals surface area contributed by atoms with Crippen molar-refractivity contribution in [3.8, 4) is 0 Å². The van der Waals surface area contributed by atoms with E-state index in [0.717, 1.165) is 0 Å². The van der Waals surface area contributed by atoms with Gasteiger partial charge in [-0.15, -0.1) is 0 Å². The van der Waals surface area contributed by atoms with Gasteiger partial charge in [0.2, 0.25) is 5.91 Å². The molecule has 102 valence electrons. The molecule has 0 atom stereocenters. The van der Waals surface area contributed by atoms with Crippen LogP contribution in [0.3, 0.4) is 0 Å². The molecular formula is C14H10BrFN2O2. The van der Waals surface area contributed by atoms with Gasteiger partial charge in [-0.3, -0.25) is 9.59 Å². The second-order valence-corrected chi connectivity index (χ2v) is 4.88. The molecule has 0 unspecified atom stereocenters. The fraction of sp³-hybridized carbons (Fsp3) is 0. The second-order valence-electron chi connectivity index (χ2n) is 4.03. The standard InChI is InChI=1S/C14H10BrFN2O2/c15-11-5-4-10(7-12(11)16)18-14(20)9-3-1-2-8(6-9)13(17)19/h1-7H,(H2,17,19)(H,18,20). The minimum absolute atomic E-state index is 0.236. The third kappa shape index (κ3) is 3.21. The van der Waals surface area contributed by atoms with Crippen molar-refractivity contribution in [3.63, 3.8) is 0 Å². The molecule has 0 aliphatic rings. The van der Waals surface area contributed by atoms with Crippen LogP contribution in [0.25, 0.3) is 0 Å². The largest absolute Gasteiger partial charge is 0.366 e. The Labute approximate surface area is 122 Å². The topological polar surface area (TPSA) is 72.2 Å². The van der Waals surface area contributed by atoms with Crippen LogP contribution in [0.2, 0.25) is 0 Å². The van der Waals surface area contributed by atoms with Crippen LogP contribution in [0.4, 0.5) is 10.1 Å². The summed E-state index contributed by atoms with van der Waals surface area (Å²) in [6, 6.07) is 10.2. The van der Waals surface area contributed by atoms with E-state index in [1.54, 1.807) is 12.1 Å². The Balaban J connectivity index is 2.21. The van der Waals surface area contributed by atoms with Crippen LogP contribution in [0.15, 0.2) is 46.9 Å². The SMILES string of the molecule is NC(=O)c1cccc(C(=O)Nc2ccc(Br)c(F)c2)c1. The van der Waals surface area contributed by atoms with E-state index in [-0.39, 0.29) is 11.1 Å². The van der Waals surface area contributed by atoms with Crippen molar-refractivity contribution in [2.24, 2.45) is 5.73 Å². The van der Waals surface area contributed by atoms with E-state index < -0.39 is 17.6 Å². The molecule has 0 heterocycles. The summed E-state index contributed by atoms with van der Waals surface area (Å²) in [7, 11) is 0. The number of halogens is 2. The maximum atomic E-state index is 13.3. The normalized spacial score (nSPS) is 10.1. The summed E-state index contributed by atoms with van der Waals surface area (Å²) in [6.45, 7) is 0. The highest BCUT2D eigenvalue weighted by molar-refractivity contribution is 9.10. The summed E-state index contributed by atoms with van der Waals surface area (Å²) in [4.78, 5) is 23.0. The maximum Gasteiger partial charge on any atom is 0.255 e. The summed E-state index contributed by atoms with van der Waals surface area (Å²) in [5.74, 6) is -1.54. The Hall–Kier alpha value is -2.21.